The van der Waals surface area contributed by atoms with E-state index in [-0.39, 0.29) is 0 Å². The van der Waals surface area contributed by atoms with Crippen molar-refractivity contribution in [3.63, 3.8) is 0 Å². The second-order valence-electron chi connectivity index (χ2n) is 8.53. The lowest BCUT2D eigenvalue weighted by molar-refractivity contribution is -0.307. The van der Waals surface area contributed by atoms with Gasteiger partial charge in [0.25, 0.3) is 0 Å². The summed E-state index contributed by atoms with van der Waals surface area (Å²) in [5, 5.41) is 0. The van der Waals surface area contributed by atoms with Gasteiger partial charge in [0.15, 0.2) is 0 Å². The number of rotatable bonds is 3. The van der Waals surface area contributed by atoms with E-state index in [1.165, 1.54) is 69.7 Å². The molecule has 2 aliphatic heterocycles. The lowest BCUT2D eigenvalue weighted by Crippen LogP contribution is -2.48. The summed E-state index contributed by atoms with van der Waals surface area (Å²) >= 11 is 0. The Balaban J connectivity index is 1.25. The maximum Gasteiger partial charge on any atom is 0.104 e. The summed E-state index contributed by atoms with van der Waals surface area (Å²) < 4.78 is 0. The van der Waals surface area contributed by atoms with E-state index in [1.54, 1.807) is 5.70 Å². The molecule has 0 bridgehead atoms. The number of hydrogen-bond donors (Lipinski definition) is 2. The second kappa shape index (κ2) is 7.91. The molecule has 0 amide bonds. The Kier molecular flexibility index (Phi) is 5.39. The van der Waals surface area contributed by atoms with Crippen molar-refractivity contribution in [2.45, 2.75) is 51.4 Å². The molecule has 5 N–H and O–H groups in total. The van der Waals surface area contributed by atoms with Crippen molar-refractivity contribution in [3.8, 4) is 0 Å². The topological polar surface area (TPSA) is 60.1 Å². The van der Waals surface area contributed by atoms with E-state index in [1.807, 2.05) is 0 Å². The van der Waals surface area contributed by atoms with Crippen LogP contribution in [0.1, 0.15) is 51.4 Å². The van der Waals surface area contributed by atoms with Crippen LogP contribution in [-0.2, 0) is 0 Å². The largest absolute Gasteiger partial charge is 0.402 e. The molecule has 0 unspecified atom stereocenters. The fourth-order valence-electron chi connectivity index (χ4n) is 5.15. The minimum Gasteiger partial charge on any atom is -0.402 e. The molecular weight excluding hydrogens is 320 g/mol. The Bertz CT molecular complexity index is 571. The van der Waals surface area contributed by atoms with Gasteiger partial charge in [0, 0.05) is 49.7 Å². The molecule has 26 heavy (non-hydrogen) atoms. The molecule has 2 aliphatic carbocycles. The fourth-order valence-corrected chi connectivity index (χ4v) is 5.15. The molecule has 0 spiro atoms. The van der Waals surface area contributed by atoms with Crippen LogP contribution < -0.4 is 11.5 Å². The van der Waals surface area contributed by atoms with Crippen LogP contribution in [0.15, 0.2) is 47.1 Å². The summed E-state index contributed by atoms with van der Waals surface area (Å²) in [6.45, 7) is 5.00. The van der Waals surface area contributed by atoms with Gasteiger partial charge in [0.05, 0.1) is 0 Å². The minimum atomic E-state index is 0.935. The zero-order valence-electron chi connectivity index (χ0n) is 16.1. The van der Waals surface area contributed by atoms with Crippen LogP contribution in [0.3, 0.4) is 0 Å². The third kappa shape index (κ3) is 4.01. The maximum absolute atomic E-state index is 5.90. The van der Waals surface area contributed by atoms with Crippen molar-refractivity contribution in [1.82, 2.24) is 9.80 Å². The van der Waals surface area contributed by atoms with Gasteiger partial charge in [0.1, 0.15) is 5.70 Å². The van der Waals surface area contributed by atoms with Crippen molar-refractivity contribution >= 4 is 0 Å². The van der Waals surface area contributed by atoms with Crippen LogP contribution in [-0.4, -0.2) is 36.0 Å². The minimum absolute atomic E-state index is 0.935. The predicted molar refractivity (Wildman–Crippen MR) is 106 cm³/mol. The molecule has 4 rings (SSSR count). The number of piperidine rings is 2. The van der Waals surface area contributed by atoms with Gasteiger partial charge in [0.2, 0.25) is 0 Å². The van der Waals surface area contributed by atoms with Crippen molar-refractivity contribution in [1.29, 1.82) is 0 Å². The summed E-state index contributed by atoms with van der Waals surface area (Å²) in [6, 6.07) is 0. The highest BCUT2D eigenvalue weighted by molar-refractivity contribution is 5.22. The average molecular weight is 356 g/mol. The first-order chi connectivity index (χ1) is 12.7. The molecule has 4 aliphatic rings. The molecule has 0 atom stereocenters. The normalized spacial score (nSPS) is 26.2. The number of quaternary nitrogens is 1. The monoisotopic (exact) mass is 355 g/mol. The molecule has 0 aromatic heterocycles. The van der Waals surface area contributed by atoms with Gasteiger partial charge in [-0.2, -0.15) is 0 Å². The molecule has 0 aromatic rings. The van der Waals surface area contributed by atoms with E-state index in [4.69, 9.17) is 5.73 Å². The maximum atomic E-state index is 5.90. The number of nitrogens with zero attached hydrogens (tertiary/aromatic N) is 2. The smallest absolute Gasteiger partial charge is 0.104 e. The fraction of sp³-hybridized carbons (Fsp3) is 0.636. The lowest BCUT2D eigenvalue weighted by Gasteiger charge is -2.42. The van der Waals surface area contributed by atoms with Gasteiger partial charge in [-0.1, -0.05) is 0 Å². The van der Waals surface area contributed by atoms with E-state index in [0.29, 0.717) is 0 Å². The van der Waals surface area contributed by atoms with E-state index in [2.05, 4.69) is 39.8 Å². The molecule has 2 heterocycles. The summed E-state index contributed by atoms with van der Waals surface area (Å²) in [5.74, 6) is 1.87. The Morgan fingerprint density at radius 1 is 0.692 bits per heavy atom. The zero-order valence-corrected chi connectivity index (χ0v) is 16.1. The molecule has 2 saturated heterocycles. The van der Waals surface area contributed by atoms with E-state index in [9.17, 15) is 0 Å². The predicted octanol–water partition coefficient (Wildman–Crippen LogP) is 2.73. The van der Waals surface area contributed by atoms with Crippen molar-refractivity contribution < 1.29 is 5.73 Å². The number of likely N-dealkylation sites (tertiary alicyclic amines) is 2. The quantitative estimate of drug-likeness (QED) is 0.818. The zero-order chi connectivity index (χ0) is 17.9. The van der Waals surface area contributed by atoms with Crippen molar-refractivity contribution in [2.75, 3.05) is 26.2 Å². The Labute approximate surface area is 158 Å². The van der Waals surface area contributed by atoms with Crippen LogP contribution in [0.5, 0.6) is 0 Å². The van der Waals surface area contributed by atoms with Crippen molar-refractivity contribution in [2.24, 2.45) is 17.6 Å². The molecule has 4 heteroatoms. The second-order valence-corrected chi connectivity index (χ2v) is 8.53. The summed E-state index contributed by atoms with van der Waals surface area (Å²) in [5.41, 5.74) is 15.3. The molecule has 4 nitrogen and oxygen atoms in total. The van der Waals surface area contributed by atoms with Gasteiger partial charge < -0.3 is 21.3 Å². The first-order valence-electron chi connectivity index (χ1n) is 10.6. The number of hydrogen-bond acceptors (Lipinski definition) is 3. The molecule has 0 aromatic carbocycles. The van der Waals surface area contributed by atoms with E-state index < -0.39 is 0 Å². The third-order valence-electron chi connectivity index (χ3n) is 6.93. The average Bonchev–Trinajstić information content (AvgIpc) is 2.70. The Hall–Kier alpha value is -1.68. The highest BCUT2D eigenvalue weighted by atomic mass is 15.2. The molecule has 0 radical (unpaired) electrons. The van der Waals surface area contributed by atoms with Gasteiger partial charge in [-0.05, 0) is 81.1 Å². The van der Waals surface area contributed by atoms with E-state index in [0.717, 1.165) is 36.8 Å². The Morgan fingerprint density at radius 2 is 1.19 bits per heavy atom. The highest BCUT2D eigenvalue weighted by Crippen LogP contribution is 2.35. The van der Waals surface area contributed by atoms with Crippen LogP contribution in [0.4, 0.5) is 0 Å². The summed E-state index contributed by atoms with van der Waals surface area (Å²) in [7, 11) is 0. The van der Waals surface area contributed by atoms with Gasteiger partial charge >= 0.3 is 0 Å². The van der Waals surface area contributed by atoms with Crippen LogP contribution >= 0.6 is 0 Å². The molecule has 142 valence electrons. The Morgan fingerprint density at radius 3 is 1.62 bits per heavy atom. The van der Waals surface area contributed by atoms with Crippen LogP contribution in [0, 0.1) is 11.8 Å². The number of nitrogens with two attached hydrogens (primary N) is 1. The third-order valence-corrected chi connectivity index (χ3v) is 6.93. The van der Waals surface area contributed by atoms with Gasteiger partial charge in [-0.15, -0.1) is 0 Å². The molecular formula is C22H35N4+. The highest BCUT2D eigenvalue weighted by Gasteiger charge is 2.30. The standard InChI is InChI=1S/C22H34N4/c23-19-1-5-21(6-2-19)25-13-9-17(10-14-25)18-11-15-26(16-12-18)22-7-3-20(24)4-8-22/h1,3,5,7,17-18H,2,4,6,8-16,23-24H2/p+1. The van der Waals surface area contributed by atoms with Crippen LogP contribution in [0.2, 0.25) is 0 Å². The first kappa shape index (κ1) is 17.7. The van der Waals surface area contributed by atoms with Crippen molar-refractivity contribution in [3.05, 3.63) is 47.1 Å². The molecule has 0 saturated carbocycles. The van der Waals surface area contributed by atoms with Crippen LogP contribution in [0.25, 0.3) is 0 Å². The number of allylic oxidation sites excluding steroid dienone is 8. The summed E-state index contributed by atoms with van der Waals surface area (Å²) in [6.07, 6.45) is 18.9. The SMILES string of the molecule is NC1=CC=C(N2CCC(C3CCN(C4=CC=C([NH3+])CC4)CC3)CC2)CC1. The van der Waals surface area contributed by atoms with Gasteiger partial charge in [-0.25, -0.2) is 0 Å². The first-order valence-corrected chi connectivity index (χ1v) is 10.6. The van der Waals surface area contributed by atoms with Gasteiger partial charge in [-0.3, -0.25) is 0 Å². The van der Waals surface area contributed by atoms with E-state index >= 15 is 0 Å². The summed E-state index contributed by atoms with van der Waals surface area (Å²) in [4.78, 5) is 5.25. The molecule has 2 fully saturated rings. The lowest BCUT2D eigenvalue weighted by atomic mass is 9.78.